The van der Waals surface area contributed by atoms with Crippen LogP contribution in [0.25, 0.3) is 10.9 Å². The molecule has 0 bridgehead atoms. The Balaban J connectivity index is 1.98. The molecule has 0 saturated heterocycles. The fourth-order valence-corrected chi connectivity index (χ4v) is 3.14. The van der Waals surface area contributed by atoms with Gasteiger partial charge >= 0.3 is 5.30 Å². The summed E-state index contributed by atoms with van der Waals surface area (Å²) in [6.07, 6.45) is 0. The molecule has 0 unspecified atom stereocenters. The molecule has 3 aromatic rings. The number of pyridine rings is 1. The molecule has 1 heterocycles. The maximum Gasteiger partial charge on any atom is 0.435 e. The van der Waals surface area contributed by atoms with E-state index in [0.717, 1.165) is 16.6 Å². The number of aryl methyl sites for hydroxylation is 2. The summed E-state index contributed by atoms with van der Waals surface area (Å²) < 4.78 is 29.9. The summed E-state index contributed by atoms with van der Waals surface area (Å²) in [6.45, 7) is 3.64. The first-order valence-electron chi connectivity index (χ1n) is 7.28. The highest BCUT2D eigenvalue weighted by atomic mass is 32.2. The molecule has 5 nitrogen and oxygen atoms in total. The largest absolute Gasteiger partial charge is 0.435 e. The van der Waals surface area contributed by atoms with Crippen molar-refractivity contribution >= 4 is 26.0 Å². The van der Waals surface area contributed by atoms with Crippen molar-refractivity contribution < 1.29 is 17.9 Å². The van der Waals surface area contributed by atoms with Gasteiger partial charge in [0.25, 0.3) is 9.84 Å². The van der Waals surface area contributed by atoms with Crippen molar-refractivity contribution in [1.29, 1.82) is 0 Å². The number of carbonyl (C=O) groups is 1. The highest BCUT2D eigenvalue weighted by molar-refractivity contribution is 8.05. The van der Waals surface area contributed by atoms with Gasteiger partial charge < -0.3 is 4.74 Å². The first-order valence-corrected chi connectivity index (χ1v) is 8.76. The van der Waals surface area contributed by atoms with Crippen molar-refractivity contribution in [2.45, 2.75) is 18.7 Å². The van der Waals surface area contributed by atoms with Crippen LogP contribution in [-0.2, 0) is 9.84 Å². The molecular weight excluding hydrogens is 326 g/mol. The number of hydrogen-bond acceptors (Lipinski definition) is 5. The second-order valence-electron chi connectivity index (χ2n) is 5.45. The number of carbonyl (C=O) groups excluding carboxylic acids is 1. The lowest BCUT2D eigenvalue weighted by Crippen LogP contribution is -2.19. The number of rotatable bonds is 2. The van der Waals surface area contributed by atoms with Crippen molar-refractivity contribution in [1.82, 2.24) is 4.98 Å². The Morgan fingerprint density at radius 3 is 2.38 bits per heavy atom. The van der Waals surface area contributed by atoms with Gasteiger partial charge in [-0.05, 0) is 38.1 Å². The van der Waals surface area contributed by atoms with Crippen molar-refractivity contribution in [2.24, 2.45) is 0 Å². The lowest BCUT2D eigenvalue weighted by atomic mass is 10.2. The number of ether oxygens (including phenoxy) is 1. The third-order valence-electron chi connectivity index (χ3n) is 3.57. The second-order valence-corrected chi connectivity index (χ2v) is 7.26. The molecule has 0 atom stereocenters. The first-order chi connectivity index (χ1) is 11.4. The van der Waals surface area contributed by atoms with Crippen LogP contribution in [-0.4, -0.2) is 18.7 Å². The third kappa shape index (κ3) is 3.00. The molecule has 0 aliphatic carbocycles. The van der Waals surface area contributed by atoms with E-state index in [1.807, 2.05) is 25.1 Å². The zero-order chi connectivity index (χ0) is 17.3. The van der Waals surface area contributed by atoms with E-state index in [1.54, 1.807) is 25.1 Å². The van der Waals surface area contributed by atoms with Gasteiger partial charge in [-0.25, -0.2) is 18.2 Å². The standard InChI is InChI=1S/C18H15NO4S/c1-12-6-10-15(11-7-12)24(21,22)18(20)23-16-5-3-4-14-9-8-13(2)19-17(14)16/h3-11H,1-2H3. The highest BCUT2D eigenvalue weighted by Crippen LogP contribution is 2.25. The highest BCUT2D eigenvalue weighted by Gasteiger charge is 2.28. The normalized spacial score (nSPS) is 11.4. The molecule has 0 N–H and O–H groups in total. The van der Waals surface area contributed by atoms with E-state index in [9.17, 15) is 13.2 Å². The fourth-order valence-electron chi connectivity index (χ4n) is 2.26. The molecule has 0 amide bonds. The summed E-state index contributed by atoms with van der Waals surface area (Å²) >= 11 is 0. The summed E-state index contributed by atoms with van der Waals surface area (Å²) in [6, 6.07) is 14.7. The van der Waals surface area contributed by atoms with E-state index in [-0.39, 0.29) is 10.6 Å². The van der Waals surface area contributed by atoms with Crippen molar-refractivity contribution in [3.05, 3.63) is 65.9 Å². The molecule has 2 aromatic carbocycles. The number of hydrogen-bond donors (Lipinski definition) is 0. The Hall–Kier alpha value is -2.73. The van der Waals surface area contributed by atoms with Crippen LogP contribution in [0.4, 0.5) is 4.79 Å². The van der Waals surface area contributed by atoms with Crippen LogP contribution in [0.5, 0.6) is 5.75 Å². The summed E-state index contributed by atoms with van der Waals surface area (Å²) in [5, 5.41) is -0.555. The predicted molar refractivity (Wildman–Crippen MR) is 90.9 cm³/mol. The molecule has 3 rings (SSSR count). The van der Waals surface area contributed by atoms with Crippen molar-refractivity contribution in [3.63, 3.8) is 0 Å². The van der Waals surface area contributed by atoms with Crippen LogP contribution in [0, 0.1) is 13.8 Å². The van der Waals surface area contributed by atoms with Crippen LogP contribution >= 0.6 is 0 Å². The van der Waals surface area contributed by atoms with Crippen molar-refractivity contribution in [3.8, 4) is 5.75 Å². The summed E-state index contributed by atoms with van der Waals surface area (Å²) in [7, 11) is -4.22. The predicted octanol–water partition coefficient (Wildman–Crippen LogP) is 3.82. The van der Waals surface area contributed by atoms with Gasteiger partial charge in [0.15, 0.2) is 5.75 Å². The van der Waals surface area contributed by atoms with Gasteiger partial charge in [-0.1, -0.05) is 35.9 Å². The molecule has 122 valence electrons. The van der Waals surface area contributed by atoms with E-state index in [1.165, 1.54) is 18.2 Å². The van der Waals surface area contributed by atoms with Crippen LogP contribution in [0.2, 0.25) is 0 Å². The number of aromatic nitrogens is 1. The molecule has 1 aromatic heterocycles. The zero-order valence-electron chi connectivity index (χ0n) is 13.2. The average molecular weight is 341 g/mol. The minimum atomic E-state index is -4.22. The summed E-state index contributed by atoms with van der Waals surface area (Å²) in [5.74, 6) is 0.122. The topological polar surface area (TPSA) is 73.3 Å². The maximum atomic E-state index is 12.4. The molecule has 0 radical (unpaired) electrons. The molecule has 6 heteroatoms. The Labute approximate surface area is 139 Å². The van der Waals surface area contributed by atoms with Gasteiger partial charge in [-0.2, -0.15) is 0 Å². The third-order valence-corrected chi connectivity index (χ3v) is 4.98. The lowest BCUT2D eigenvalue weighted by Gasteiger charge is -2.08. The Morgan fingerprint density at radius 1 is 0.958 bits per heavy atom. The molecule has 0 aliphatic rings. The number of benzene rings is 2. The Bertz CT molecular complexity index is 1020. The minimum Gasteiger partial charge on any atom is -0.412 e. The SMILES string of the molecule is Cc1ccc(S(=O)(=O)C(=O)Oc2cccc3ccc(C)nc23)cc1. The summed E-state index contributed by atoms with van der Waals surface area (Å²) in [4.78, 5) is 16.4. The van der Waals surface area contributed by atoms with E-state index < -0.39 is 15.1 Å². The van der Waals surface area contributed by atoms with E-state index in [0.29, 0.717) is 5.52 Å². The molecule has 24 heavy (non-hydrogen) atoms. The van der Waals surface area contributed by atoms with Gasteiger partial charge in [-0.15, -0.1) is 0 Å². The van der Waals surface area contributed by atoms with Crippen LogP contribution in [0.15, 0.2) is 59.5 Å². The van der Waals surface area contributed by atoms with Crippen LogP contribution in [0.1, 0.15) is 11.3 Å². The molecular formula is C18H15NO4S. The monoisotopic (exact) mass is 341 g/mol. The van der Waals surface area contributed by atoms with Crippen LogP contribution < -0.4 is 4.74 Å². The Kier molecular flexibility index (Phi) is 4.07. The molecule has 0 fully saturated rings. The Morgan fingerprint density at radius 2 is 1.67 bits per heavy atom. The summed E-state index contributed by atoms with van der Waals surface area (Å²) in [5.41, 5.74) is 2.09. The second kappa shape index (κ2) is 6.05. The van der Waals surface area contributed by atoms with Crippen LogP contribution in [0.3, 0.4) is 0 Å². The van der Waals surface area contributed by atoms with E-state index in [4.69, 9.17) is 4.74 Å². The molecule has 0 saturated carbocycles. The van der Waals surface area contributed by atoms with Crippen molar-refractivity contribution in [2.75, 3.05) is 0 Å². The minimum absolute atomic E-state index is 0.0949. The smallest absolute Gasteiger partial charge is 0.412 e. The van der Waals surface area contributed by atoms with Gasteiger partial charge in [0.05, 0.1) is 4.90 Å². The quantitative estimate of drug-likeness (QED) is 0.662. The van der Waals surface area contributed by atoms with Gasteiger partial charge in [0.1, 0.15) is 5.52 Å². The van der Waals surface area contributed by atoms with Gasteiger partial charge in [0, 0.05) is 11.1 Å². The van der Waals surface area contributed by atoms with Gasteiger partial charge in [-0.3, -0.25) is 0 Å². The average Bonchev–Trinajstić information content (AvgIpc) is 2.55. The lowest BCUT2D eigenvalue weighted by molar-refractivity contribution is 0.224. The molecule has 0 aliphatic heterocycles. The number of para-hydroxylation sites is 1. The maximum absolute atomic E-state index is 12.4. The van der Waals surface area contributed by atoms with E-state index in [2.05, 4.69) is 4.98 Å². The van der Waals surface area contributed by atoms with Gasteiger partial charge in [0.2, 0.25) is 0 Å². The fraction of sp³-hybridized carbons (Fsp3) is 0.111. The first kappa shape index (κ1) is 16.1. The zero-order valence-corrected chi connectivity index (χ0v) is 14.0. The number of nitrogens with zero attached hydrogens (tertiary/aromatic N) is 1. The number of sulfone groups is 1. The van der Waals surface area contributed by atoms with E-state index >= 15 is 0 Å². The molecule has 0 spiro atoms. The number of fused-ring (bicyclic) bond motifs is 1.